The molecule has 1 rings (SSSR count). The van der Waals surface area contributed by atoms with E-state index in [1.807, 2.05) is 0 Å². The zero-order chi connectivity index (χ0) is 11.6. The number of aromatic nitrogens is 1. The molecule has 0 amide bonds. The Morgan fingerprint density at radius 1 is 1.47 bits per heavy atom. The molecule has 15 heavy (non-hydrogen) atoms. The van der Waals surface area contributed by atoms with Crippen molar-refractivity contribution >= 4 is 17.6 Å². The Bertz CT molecular complexity index is 429. The second kappa shape index (κ2) is 4.43. The van der Waals surface area contributed by atoms with Gasteiger partial charge in [0.05, 0.1) is 10.6 Å². The van der Waals surface area contributed by atoms with E-state index in [1.54, 1.807) is 0 Å². The zero-order valence-electron chi connectivity index (χ0n) is 7.35. The van der Waals surface area contributed by atoms with Gasteiger partial charge in [-0.3, -0.25) is 4.79 Å². The van der Waals surface area contributed by atoms with Gasteiger partial charge in [-0.05, 0) is 6.07 Å². The Balaban J connectivity index is 3.10. The van der Waals surface area contributed by atoms with E-state index in [1.165, 1.54) is 6.20 Å². The van der Waals surface area contributed by atoms with E-state index in [9.17, 15) is 14.7 Å². The maximum Gasteiger partial charge on any atom is 0.335 e. The molecule has 0 bridgehead atoms. The summed E-state index contributed by atoms with van der Waals surface area (Å²) in [7, 11) is 0. The summed E-state index contributed by atoms with van der Waals surface area (Å²) in [6.45, 7) is 0. The van der Waals surface area contributed by atoms with Gasteiger partial charge in [0.25, 0.3) is 5.56 Å². The Kier molecular flexibility index (Phi) is 3.46. The quantitative estimate of drug-likeness (QED) is 0.563. The highest BCUT2D eigenvalue weighted by atomic mass is 35.5. The molecular formula is C8H8ClNO5. The predicted molar refractivity (Wildman–Crippen MR) is 50.7 cm³/mol. The van der Waals surface area contributed by atoms with Crippen molar-refractivity contribution in [1.29, 1.82) is 0 Å². The predicted octanol–water partition coefficient (Wildman–Crippen LogP) is -0.493. The van der Waals surface area contributed by atoms with E-state index in [2.05, 4.69) is 4.98 Å². The van der Waals surface area contributed by atoms with Gasteiger partial charge in [0.2, 0.25) is 0 Å². The first-order chi connectivity index (χ1) is 6.93. The minimum absolute atomic E-state index is 0.126. The first kappa shape index (κ1) is 11.7. The smallest absolute Gasteiger partial charge is 0.335 e. The van der Waals surface area contributed by atoms with E-state index < -0.39 is 23.7 Å². The molecule has 2 atom stereocenters. The fourth-order valence-corrected chi connectivity index (χ4v) is 1.17. The summed E-state index contributed by atoms with van der Waals surface area (Å²) in [6.07, 6.45) is -2.69. The first-order valence-electron chi connectivity index (χ1n) is 3.90. The first-order valence-corrected chi connectivity index (χ1v) is 4.28. The van der Waals surface area contributed by atoms with Gasteiger partial charge in [-0.1, -0.05) is 11.6 Å². The summed E-state index contributed by atoms with van der Waals surface area (Å²) >= 11 is 5.53. The van der Waals surface area contributed by atoms with Gasteiger partial charge in [-0.15, -0.1) is 0 Å². The molecule has 0 aliphatic heterocycles. The highest BCUT2D eigenvalue weighted by Crippen LogP contribution is 2.16. The molecular weight excluding hydrogens is 226 g/mol. The van der Waals surface area contributed by atoms with Crippen LogP contribution in [0.25, 0.3) is 0 Å². The van der Waals surface area contributed by atoms with Crippen LogP contribution in [0.3, 0.4) is 0 Å². The number of halogens is 1. The molecule has 0 saturated carbocycles. The van der Waals surface area contributed by atoms with Gasteiger partial charge in [-0.2, -0.15) is 0 Å². The summed E-state index contributed by atoms with van der Waals surface area (Å²) in [6, 6.07) is 1.09. The monoisotopic (exact) mass is 233 g/mol. The van der Waals surface area contributed by atoms with Gasteiger partial charge in [0, 0.05) is 6.20 Å². The van der Waals surface area contributed by atoms with Gasteiger partial charge in [0.1, 0.15) is 6.10 Å². The minimum atomic E-state index is -2.07. The number of aromatic amines is 1. The van der Waals surface area contributed by atoms with Crippen LogP contribution in [0.1, 0.15) is 11.7 Å². The van der Waals surface area contributed by atoms with Crippen molar-refractivity contribution in [1.82, 2.24) is 4.98 Å². The molecule has 0 spiro atoms. The maximum absolute atomic E-state index is 11.2. The van der Waals surface area contributed by atoms with Crippen molar-refractivity contribution in [3.63, 3.8) is 0 Å². The van der Waals surface area contributed by atoms with E-state index in [-0.39, 0.29) is 10.6 Å². The maximum atomic E-state index is 11.2. The summed E-state index contributed by atoms with van der Waals surface area (Å²) in [4.78, 5) is 23.7. The lowest BCUT2D eigenvalue weighted by Crippen LogP contribution is -2.31. The normalized spacial score (nSPS) is 14.6. The fourth-order valence-electron chi connectivity index (χ4n) is 0.998. The molecule has 0 aliphatic carbocycles. The third kappa shape index (κ3) is 2.56. The van der Waals surface area contributed by atoms with Crippen LogP contribution in [0, 0.1) is 0 Å². The van der Waals surface area contributed by atoms with Crippen molar-refractivity contribution in [3.05, 3.63) is 33.2 Å². The lowest BCUT2D eigenvalue weighted by molar-refractivity contribution is -0.153. The van der Waals surface area contributed by atoms with Crippen LogP contribution in [-0.4, -0.2) is 32.4 Å². The fraction of sp³-hybridized carbons (Fsp3) is 0.250. The number of carboxylic acid groups (broad SMARTS) is 1. The summed E-state index contributed by atoms with van der Waals surface area (Å²) < 4.78 is 0. The molecule has 82 valence electrons. The largest absolute Gasteiger partial charge is 0.479 e. The minimum Gasteiger partial charge on any atom is -0.479 e. The highest BCUT2D eigenvalue weighted by molar-refractivity contribution is 6.30. The van der Waals surface area contributed by atoms with E-state index >= 15 is 0 Å². The molecule has 0 aromatic carbocycles. The number of carbonyl (C=O) groups is 1. The second-order valence-corrected chi connectivity index (χ2v) is 3.27. The SMILES string of the molecule is O=C(O)C(O)C(O)c1cc(Cl)c[nH]c1=O. The van der Waals surface area contributed by atoms with Crippen LogP contribution in [0.4, 0.5) is 0 Å². The Hall–Kier alpha value is -1.37. The number of aliphatic hydroxyl groups is 2. The van der Waals surface area contributed by atoms with Crippen LogP contribution >= 0.6 is 11.6 Å². The number of aliphatic hydroxyl groups excluding tert-OH is 2. The number of hydrogen-bond donors (Lipinski definition) is 4. The topological polar surface area (TPSA) is 111 Å². The molecule has 6 nitrogen and oxygen atoms in total. The number of aliphatic carboxylic acids is 1. The van der Waals surface area contributed by atoms with E-state index in [0.717, 1.165) is 6.07 Å². The number of carboxylic acids is 1. The van der Waals surface area contributed by atoms with Crippen LogP contribution in [0.15, 0.2) is 17.1 Å². The molecule has 1 aromatic heterocycles. The zero-order valence-corrected chi connectivity index (χ0v) is 8.10. The van der Waals surface area contributed by atoms with Gasteiger partial charge in [0.15, 0.2) is 6.10 Å². The number of nitrogens with one attached hydrogen (secondary N) is 1. The van der Waals surface area contributed by atoms with Crippen LogP contribution < -0.4 is 5.56 Å². The lowest BCUT2D eigenvalue weighted by Gasteiger charge is -2.13. The molecule has 0 saturated heterocycles. The van der Waals surface area contributed by atoms with E-state index in [4.69, 9.17) is 21.8 Å². The van der Waals surface area contributed by atoms with Crippen molar-refractivity contribution < 1.29 is 20.1 Å². The Morgan fingerprint density at radius 3 is 2.60 bits per heavy atom. The summed E-state index contributed by atoms with van der Waals surface area (Å²) in [5.41, 5.74) is -0.996. The number of hydrogen-bond acceptors (Lipinski definition) is 4. The molecule has 1 heterocycles. The van der Waals surface area contributed by atoms with Crippen LogP contribution in [0.5, 0.6) is 0 Å². The van der Waals surface area contributed by atoms with Crippen molar-refractivity contribution in [2.45, 2.75) is 12.2 Å². The van der Waals surface area contributed by atoms with Crippen LogP contribution in [-0.2, 0) is 4.79 Å². The average Bonchev–Trinajstić information content (AvgIpc) is 2.19. The lowest BCUT2D eigenvalue weighted by atomic mass is 10.1. The molecule has 2 unspecified atom stereocenters. The Labute approximate surface area is 88.8 Å². The summed E-state index contributed by atoms with van der Waals surface area (Å²) in [5, 5.41) is 26.9. The van der Waals surface area contributed by atoms with Gasteiger partial charge >= 0.3 is 5.97 Å². The van der Waals surface area contributed by atoms with Crippen molar-refractivity contribution in [2.24, 2.45) is 0 Å². The van der Waals surface area contributed by atoms with Crippen molar-refractivity contribution in [3.8, 4) is 0 Å². The molecule has 0 aliphatic rings. The number of rotatable bonds is 3. The number of H-pyrrole nitrogens is 1. The standard InChI is InChI=1S/C8H8ClNO5/c9-3-1-4(7(13)10-2-3)5(11)6(12)8(14)15/h1-2,5-6,11-12H,(H,10,13)(H,14,15). The molecule has 7 heteroatoms. The molecule has 0 fully saturated rings. The third-order valence-corrected chi connectivity index (χ3v) is 1.99. The highest BCUT2D eigenvalue weighted by Gasteiger charge is 2.27. The van der Waals surface area contributed by atoms with Crippen molar-refractivity contribution in [2.75, 3.05) is 0 Å². The number of pyridine rings is 1. The average molecular weight is 234 g/mol. The molecule has 0 radical (unpaired) electrons. The van der Waals surface area contributed by atoms with E-state index in [0.29, 0.717) is 0 Å². The van der Waals surface area contributed by atoms with Gasteiger partial charge < -0.3 is 20.3 Å². The van der Waals surface area contributed by atoms with Gasteiger partial charge in [-0.25, -0.2) is 4.79 Å². The molecule has 4 N–H and O–H groups in total. The molecule has 1 aromatic rings. The Morgan fingerprint density at radius 2 is 2.07 bits per heavy atom. The second-order valence-electron chi connectivity index (χ2n) is 2.83. The summed E-state index contributed by atoms with van der Waals surface area (Å²) in [5.74, 6) is -1.62. The third-order valence-electron chi connectivity index (χ3n) is 1.77. The van der Waals surface area contributed by atoms with Crippen LogP contribution in [0.2, 0.25) is 5.02 Å².